The van der Waals surface area contributed by atoms with Gasteiger partial charge in [-0.2, -0.15) is 0 Å². The standard InChI is InChI=1S/C16H16N4O/c17-13-8-12-11(2-1-3-14(12)21-16(13)18)10-4-5-15-19-6-7-20(15)9-10/h1-7,9,13,16H,8,17-18H2/t13-,16?/m0/s1. The van der Waals surface area contributed by atoms with Crippen LogP contribution in [-0.2, 0) is 6.42 Å². The first-order valence-corrected chi connectivity index (χ1v) is 6.95. The Bertz CT molecular complexity index is 811. The number of ether oxygens (including phenoxy) is 1. The van der Waals surface area contributed by atoms with E-state index in [1.165, 1.54) is 0 Å². The average Bonchev–Trinajstić information content (AvgIpc) is 2.95. The highest BCUT2D eigenvalue weighted by molar-refractivity contribution is 5.71. The molecule has 1 unspecified atom stereocenters. The van der Waals surface area contributed by atoms with Gasteiger partial charge in [0, 0.05) is 24.2 Å². The number of nitrogens with two attached hydrogens (primary N) is 2. The Balaban J connectivity index is 1.87. The summed E-state index contributed by atoms with van der Waals surface area (Å²) in [4.78, 5) is 4.26. The number of hydrogen-bond acceptors (Lipinski definition) is 4. The number of pyridine rings is 1. The van der Waals surface area contributed by atoms with Crippen LogP contribution in [0.5, 0.6) is 5.75 Å². The average molecular weight is 280 g/mol. The zero-order valence-electron chi connectivity index (χ0n) is 11.4. The molecular weight excluding hydrogens is 264 g/mol. The van der Waals surface area contributed by atoms with Crippen molar-refractivity contribution < 1.29 is 4.74 Å². The predicted molar refractivity (Wildman–Crippen MR) is 80.9 cm³/mol. The molecule has 0 fully saturated rings. The number of hydrogen-bond donors (Lipinski definition) is 2. The summed E-state index contributed by atoms with van der Waals surface area (Å²) >= 11 is 0. The van der Waals surface area contributed by atoms with E-state index in [4.69, 9.17) is 16.2 Å². The number of fused-ring (bicyclic) bond motifs is 2. The predicted octanol–water partition coefficient (Wildman–Crippen LogP) is 1.55. The normalized spacial score (nSPS) is 21.0. The summed E-state index contributed by atoms with van der Waals surface area (Å²) in [5.41, 5.74) is 16.2. The van der Waals surface area contributed by atoms with Gasteiger partial charge in [0.05, 0.1) is 6.04 Å². The smallest absolute Gasteiger partial charge is 0.163 e. The molecule has 0 bridgehead atoms. The lowest BCUT2D eigenvalue weighted by molar-refractivity contribution is 0.158. The summed E-state index contributed by atoms with van der Waals surface area (Å²) in [7, 11) is 0. The molecule has 0 radical (unpaired) electrons. The van der Waals surface area contributed by atoms with Crippen LogP contribution in [-0.4, -0.2) is 21.7 Å². The quantitative estimate of drug-likeness (QED) is 0.709. The van der Waals surface area contributed by atoms with Gasteiger partial charge in [0.15, 0.2) is 6.23 Å². The van der Waals surface area contributed by atoms with Crippen molar-refractivity contribution in [2.24, 2.45) is 11.5 Å². The molecule has 0 amide bonds. The molecule has 3 aromatic rings. The molecule has 1 aliphatic rings. The van der Waals surface area contributed by atoms with E-state index in [9.17, 15) is 0 Å². The van der Waals surface area contributed by atoms with Gasteiger partial charge in [0.2, 0.25) is 0 Å². The molecule has 2 atom stereocenters. The van der Waals surface area contributed by atoms with Gasteiger partial charge in [-0.15, -0.1) is 0 Å². The molecular formula is C16H16N4O. The van der Waals surface area contributed by atoms with Gasteiger partial charge in [-0.25, -0.2) is 4.98 Å². The lowest BCUT2D eigenvalue weighted by atomic mass is 9.93. The highest BCUT2D eigenvalue weighted by Gasteiger charge is 2.26. The van der Waals surface area contributed by atoms with Gasteiger partial charge in [-0.05, 0) is 35.7 Å². The molecule has 4 N–H and O–H groups in total. The van der Waals surface area contributed by atoms with Crippen molar-refractivity contribution in [3.8, 4) is 16.9 Å². The molecule has 0 saturated heterocycles. The zero-order chi connectivity index (χ0) is 14.4. The lowest BCUT2D eigenvalue weighted by Gasteiger charge is -2.30. The van der Waals surface area contributed by atoms with Crippen molar-refractivity contribution in [2.45, 2.75) is 18.7 Å². The lowest BCUT2D eigenvalue weighted by Crippen LogP contribution is -2.49. The van der Waals surface area contributed by atoms with Crippen LogP contribution in [0.4, 0.5) is 0 Å². The Kier molecular flexibility index (Phi) is 2.70. The molecule has 0 spiro atoms. The van der Waals surface area contributed by atoms with Crippen LogP contribution in [0.1, 0.15) is 5.56 Å². The number of nitrogens with zero attached hydrogens (tertiary/aromatic N) is 2. The van der Waals surface area contributed by atoms with Gasteiger partial charge in [0.25, 0.3) is 0 Å². The number of rotatable bonds is 1. The Labute approximate surface area is 122 Å². The minimum atomic E-state index is -0.441. The molecule has 106 valence electrons. The fourth-order valence-electron chi connectivity index (χ4n) is 2.82. The summed E-state index contributed by atoms with van der Waals surface area (Å²) in [6, 6.07) is 9.90. The van der Waals surface area contributed by atoms with E-state index < -0.39 is 6.23 Å². The zero-order valence-corrected chi connectivity index (χ0v) is 11.4. The maximum Gasteiger partial charge on any atom is 0.163 e. The second-order valence-corrected chi connectivity index (χ2v) is 5.34. The largest absolute Gasteiger partial charge is 0.474 e. The Morgan fingerprint density at radius 1 is 1.19 bits per heavy atom. The SMILES string of the molecule is NC1Oc2cccc(-c3ccc4nccn4c3)c2C[C@@H]1N. The Morgan fingerprint density at radius 2 is 2.10 bits per heavy atom. The first-order chi connectivity index (χ1) is 10.2. The van der Waals surface area contributed by atoms with E-state index in [1.54, 1.807) is 6.20 Å². The van der Waals surface area contributed by atoms with Crippen molar-refractivity contribution in [2.75, 3.05) is 0 Å². The van der Waals surface area contributed by atoms with Gasteiger partial charge in [0.1, 0.15) is 11.4 Å². The molecule has 21 heavy (non-hydrogen) atoms. The minimum absolute atomic E-state index is 0.185. The van der Waals surface area contributed by atoms with E-state index in [-0.39, 0.29) is 6.04 Å². The van der Waals surface area contributed by atoms with Gasteiger partial charge >= 0.3 is 0 Å². The Hall–Kier alpha value is -2.37. The highest BCUT2D eigenvalue weighted by atomic mass is 16.5. The molecule has 1 aliphatic heterocycles. The Morgan fingerprint density at radius 3 is 3.00 bits per heavy atom. The fourth-order valence-corrected chi connectivity index (χ4v) is 2.82. The van der Waals surface area contributed by atoms with Crippen LogP contribution >= 0.6 is 0 Å². The fraction of sp³-hybridized carbons (Fsp3) is 0.188. The number of aromatic nitrogens is 2. The van der Waals surface area contributed by atoms with Crippen LogP contribution in [0.25, 0.3) is 16.8 Å². The monoisotopic (exact) mass is 280 g/mol. The van der Waals surface area contributed by atoms with Gasteiger partial charge in [-0.1, -0.05) is 12.1 Å². The minimum Gasteiger partial charge on any atom is -0.474 e. The van der Waals surface area contributed by atoms with E-state index in [2.05, 4.69) is 23.3 Å². The summed E-state index contributed by atoms with van der Waals surface area (Å²) in [6.45, 7) is 0. The second kappa shape index (κ2) is 4.58. The molecule has 3 heterocycles. The van der Waals surface area contributed by atoms with E-state index in [1.807, 2.05) is 28.8 Å². The van der Waals surface area contributed by atoms with Crippen molar-refractivity contribution in [3.05, 3.63) is 54.5 Å². The van der Waals surface area contributed by atoms with Crippen molar-refractivity contribution in [3.63, 3.8) is 0 Å². The molecule has 4 rings (SSSR count). The molecule has 5 heteroatoms. The van der Waals surface area contributed by atoms with Crippen molar-refractivity contribution in [1.82, 2.24) is 9.38 Å². The van der Waals surface area contributed by atoms with Crippen LogP contribution in [0.2, 0.25) is 0 Å². The van der Waals surface area contributed by atoms with E-state index in [0.717, 1.165) is 28.1 Å². The molecule has 1 aromatic carbocycles. The third-order valence-electron chi connectivity index (χ3n) is 3.96. The van der Waals surface area contributed by atoms with Gasteiger partial charge in [-0.3, -0.25) is 5.73 Å². The third kappa shape index (κ3) is 1.98. The van der Waals surface area contributed by atoms with Crippen LogP contribution in [0, 0.1) is 0 Å². The third-order valence-corrected chi connectivity index (χ3v) is 3.96. The first-order valence-electron chi connectivity index (χ1n) is 6.95. The van der Waals surface area contributed by atoms with Crippen LogP contribution < -0.4 is 16.2 Å². The molecule has 2 aromatic heterocycles. The first kappa shape index (κ1) is 12.4. The topological polar surface area (TPSA) is 78.6 Å². The number of benzene rings is 1. The van der Waals surface area contributed by atoms with E-state index in [0.29, 0.717) is 6.42 Å². The second-order valence-electron chi connectivity index (χ2n) is 5.34. The van der Waals surface area contributed by atoms with Crippen LogP contribution in [0.15, 0.2) is 48.9 Å². The molecule has 0 saturated carbocycles. The summed E-state index contributed by atoms with van der Waals surface area (Å²) in [5, 5.41) is 0. The summed E-state index contributed by atoms with van der Waals surface area (Å²) in [5.74, 6) is 0.826. The summed E-state index contributed by atoms with van der Waals surface area (Å²) in [6.07, 6.45) is 6.07. The van der Waals surface area contributed by atoms with Crippen molar-refractivity contribution >= 4 is 5.65 Å². The van der Waals surface area contributed by atoms with E-state index >= 15 is 0 Å². The van der Waals surface area contributed by atoms with Gasteiger partial charge < -0.3 is 14.9 Å². The van der Waals surface area contributed by atoms with Crippen molar-refractivity contribution in [1.29, 1.82) is 0 Å². The molecule has 0 aliphatic carbocycles. The summed E-state index contributed by atoms with van der Waals surface area (Å²) < 4.78 is 7.72. The van der Waals surface area contributed by atoms with Crippen LogP contribution in [0.3, 0.4) is 0 Å². The maximum absolute atomic E-state index is 6.05. The maximum atomic E-state index is 6.05. The number of imidazole rings is 1. The highest BCUT2D eigenvalue weighted by Crippen LogP contribution is 2.34. The molecule has 5 nitrogen and oxygen atoms in total.